The van der Waals surface area contributed by atoms with Crippen LogP contribution in [-0.4, -0.2) is 14.2 Å². The van der Waals surface area contributed by atoms with E-state index in [4.69, 9.17) is 21.1 Å². The van der Waals surface area contributed by atoms with Crippen LogP contribution in [0.15, 0.2) is 6.07 Å². The molecule has 0 unspecified atom stereocenters. The molecule has 0 atom stereocenters. The van der Waals surface area contributed by atoms with Crippen molar-refractivity contribution in [2.45, 2.75) is 25.7 Å². The van der Waals surface area contributed by atoms with Gasteiger partial charge in [0.25, 0.3) is 0 Å². The summed E-state index contributed by atoms with van der Waals surface area (Å²) in [7, 11) is 3.31. The van der Waals surface area contributed by atoms with Gasteiger partial charge in [-0.1, -0.05) is 11.6 Å². The molecule has 0 spiro atoms. The van der Waals surface area contributed by atoms with Gasteiger partial charge in [0.15, 0.2) is 0 Å². The minimum atomic E-state index is 0.628. The van der Waals surface area contributed by atoms with Crippen LogP contribution in [0, 0.1) is 6.92 Å². The highest BCUT2D eigenvalue weighted by Crippen LogP contribution is 2.49. The van der Waals surface area contributed by atoms with Crippen molar-refractivity contribution >= 4 is 11.6 Å². The molecule has 0 aliphatic heterocycles. The zero-order chi connectivity index (χ0) is 11.0. The molecule has 1 aliphatic rings. The molecule has 1 aromatic rings. The molecule has 1 fully saturated rings. The lowest BCUT2D eigenvalue weighted by atomic mass is 10.0. The second-order valence-electron chi connectivity index (χ2n) is 3.91. The Kier molecular flexibility index (Phi) is 2.79. The van der Waals surface area contributed by atoms with E-state index in [1.54, 1.807) is 14.2 Å². The van der Waals surface area contributed by atoms with Crippen molar-refractivity contribution in [2.75, 3.05) is 14.2 Å². The van der Waals surface area contributed by atoms with Gasteiger partial charge in [-0.25, -0.2) is 0 Å². The van der Waals surface area contributed by atoms with E-state index in [0.29, 0.717) is 16.7 Å². The summed E-state index contributed by atoms with van der Waals surface area (Å²) in [5, 5.41) is 0.709. The molecule has 82 valence electrons. The lowest BCUT2D eigenvalue weighted by Crippen LogP contribution is -1.97. The van der Waals surface area contributed by atoms with Gasteiger partial charge in [0.2, 0.25) is 0 Å². The average Bonchev–Trinajstić information content (AvgIpc) is 3.05. The second kappa shape index (κ2) is 3.93. The molecular formula is C12H15ClO2. The summed E-state index contributed by atoms with van der Waals surface area (Å²) in [5.74, 6) is 2.22. The molecule has 0 radical (unpaired) electrons. The van der Waals surface area contributed by atoms with E-state index in [1.165, 1.54) is 18.4 Å². The van der Waals surface area contributed by atoms with Crippen LogP contribution in [0.5, 0.6) is 11.5 Å². The van der Waals surface area contributed by atoms with E-state index >= 15 is 0 Å². The van der Waals surface area contributed by atoms with Crippen molar-refractivity contribution in [1.82, 2.24) is 0 Å². The van der Waals surface area contributed by atoms with E-state index in [0.717, 1.165) is 11.3 Å². The molecule has 3 heteroatoms. The Morgan fingerprint density at radius 1 is 1.20 bits per heavy atom. The molecule has 0 aromatic heterocycles. The van der Waals surface area contributed by atoms with Crippen molar-refractivity contribution in [3.63, 3.8) is 0 Å². The summed E-state index contributed by atoms with van der Waals surface area (Å²) < 4.78 is 10.6. The number of ether oxygens (including phenoxy) is 2. The zero-order valence-corrected chi connectivity index (χ0v) is 10.0. The van der Waals surface area contributed by atoms with Crippen LogP contribution < -0.4 is 9.47 Å². The van der Waals surface area contributed by atoms with Crippen LogP contribution in [0.2, 0.25) is 5.02 Å². The lowest BCUT2D eigenvalue weighted by Gasteiger charge is -2.15. The van der Waals surface area contributed by atoms with Crippen molar-refractivity contribution < 1.29 is 9.47 Å². The number of hydrogen-bond acceptors (Lipinski definition) is 2. The predicted octanol–water partition coefficient (Wildman–Crippen LogP) is 3.54. The summed E-state index contributed by atoms with van der Waals surface area (Å²) in [5.41, 5.74) is 2.35. The summed E-state index contributed by atoms with van der Waals surface area (Å²) >= 11 is 6.22. The van der Waals surface area contributed by atoms with E-state index in [2.05, 4.69) is 0 Å². The van der Waals surface area contributed by atoms with Gasteiger partial charge < -0.3 is 9.47 Å². The molecule has 0 bridgehead atoms. The minimum absolute atomic E-state index is 0.628. The maximum Gasteiger partial charge on any atom is 0.141 e. The molecule has 0 amide bonds. The highest BCUT2D eigenvalue weighted by atomic mass is 35.5. The van der Waals surface area contributed by atoms with Gasteiger partial charge in [0.05, 0.1) is 19.2 Å². The Balaban J connectivity index is 2.56. The molecule has 0 heterocycles. The Morgan fingerprint density at radius 3 is 2.27 bits per heavy atom. The molecular weight excluding hydrogens is 212 g/mol. The molecule has 15 heavy (non-hydrogen) atoms. The molecule has 2 nitrogen and oxygen atoms in total. The predicted molar refractivity (Wildman–Crippen MR) is 61.3 cm³/mol. The Labute approximate surface area is 95.1 Å². The van der Waals surface area contributed by atoms with Crippen LogP contribution in [-0.2, 0) is 0 Å². The zero-order valence-electron chi connectivity index (χ0n) is 9.26. The van der Waals surface area contributed by atoms with Gasteiger partial charge in [-0.3, -0.25) is 0 Å². The Bertz CT molecular complexity index is 384. The topological polar surface area (TPSA) is 18.5 Å². The maximum absolute atomic E-state index is 6.22. The quantitative estimate of drug-likeness (QED) is 0.785. The lowest BCUT2D eigenvalue weighted by molar-refractivity contribution is 0.390. The Hall–Kier alpha value is -0.890. The van der Waals surface area contributed by atoms with E-state index < -0.39 is 0 Å². The molecule has 0 saturated heterocycles. The van der Waals surface area contributed by atoms with Crippen LogP contribution in [0.1, 0.15) is 29.9 Å². The monoisotopic (exact) mass is 226 g/mol. The first-order valence-corrected chi connectivity index (χ1v) is 5.47. The van der Waals surface area contributed by atoms with Gasteiger partial charge in [0, 0.05) is 11.6 Å². The summed E-state index contributed by atoms with van der Waals surface area (Å²) in [4.78, 5) is 0. The van der Waals surface area contributed by atoms with Crippen molar-refractivity contribution in [2.24, 2.45) is 0 Å². The first-order chi connectivity index (χ1) is 7.19. The highest BCUT2D eigenvalue weighted by Gasteiger charge is 2.30. The SMILES string of the molecule is COc1cc(OC)c(C2CC2)c(C)c1Cl. The summed E-state index contributed by atoms with van der Waals surface area (Å²) in [6, 6.07) is 1.88. The van der Waals surface area contributed by atoms with E-state index in [1.807, 2.05) is 13.0 Å². The number of hydrogen-bond donors (Lipinski definition) is 0. The van der Waals surface area contributed by atoms with Crippen molar-refractivity contribution in [3.05, 3.63) is 22.2 Å². The molecule has 1 aliphatic carbocycles. The van der Waals surface area contributed by atoms with Crippen LogP contribution >= 0.6 is 11.6 Å². The third-order valence-corrected chi connectivity index (χ3v) is 3.37. The maximum atomic E-state index is 6.22. The first-order valence-electron chi connectivity index (χ1n) is 5.10. The standard InChI is InChI=1S/C12H15ClO2/c1-7-11(8-4-5-8)9(14-2)6-10(15-3)12(7)13/h6,8H,4-5H2,1-3H3. The van der Waals surface area contributed by atoms with E-state index in [-0.39, 0.29) is 0 Å². The smallest absolute Gasteiger partial charge is 0.141 e. The average molecular weight is 227 g/mol. The van der Waals surface area contributed by atoms with Crippen molar-refractivity contribution in [1.29, 1.82) is 0 Å². The third-order valence-electron chi connectivity index (χ3n) is 2.90. The fourth-order valence-corrected chi connectivity index (χ4v) is 2.18. The van der Waals surface area contributed by atoms with Gasteiger partial charge in [-0.15, -0.1) is 0 Å². The van der Waals surface area contributed by atoms with Crippen LogP contribution in [0.25, 0.3) is 0 Å². The highest BCUT2D eigenvalue weighted by molar-refractivity contribution is 6.33. The van der Waals surface area contributed by atoms with Gasteiger partial charge >= 0.3 is 0 Å². The molecule has 0 N–H and O–H groups in total. The minimum Gasteiger partial charge on any atom is -0.496 e. The summed E-state index contributed by atoms with van der Waals surface area (Å²) in [6.07, 6.45) is 2.47. The van der Waals surface area contributed by atoms with Gasteiger partial charge in [0.1, 0.15) is 11.5 Å². The molecule has 1 saturated carbocycles. The normalized spacial score (nSPS) is 15.2. The number of rotatable bonds is 3. The van der Waals surface area contributed by atoms with Crippen LogP contribution in [0.3, 0.4) is 0 Å². The largest absolute Gasteiger partial charge is 0.496 e. The fraction of sp³-hybridized carbons (Fsp3) is 0.500. The van der Waals surface area contributed by atoms with Crippen molar-refractivity contribution in [3.8, 4) is 11.5 Å². The Morgan fingerprint density at radius 2 is 1.80 bits per heavy atom. The first kappa shape index (κ1) is 10.6. The van der Waals surface area contributed by atoms with E-state index in [9.17, 15) is 0 Å². The second-order valence-corrected chi connectivity index (χ2v) is 4.29. The van der Waals surface area contributed by atoms with Crippen LogP contribution in [0.4, 0.5) is 0 Å². The third kappa shape index (κ3) is 1.78. The number of benzene rings is 1. The molecule has 2 rings (SSSR count). The molecule has 1 aromatic carbocycles. The van der Waals surface area contributed by atoms with Gasteiger partial charge in [-0.2, -0.15) is 0 Å². The van der Waals surface area contributed by atoms with Gasteiger partial charge in [-0.05, 0) is 31.2 Å². The summed E-state index contributed by atoms with van der Waals surface area (Å²) in [6.45, 7) is 2.03. The number of halogens is 1. The fourth-order valence-electron chi connectivity index (χ4n) is 1.94. The number of methoxy groups -OCH3 is 2.